The van der Waals surface area contributed by atoms with E-state index in [0.29, 0.717) is 11.1 Å². The minimum atomic E-state index is -0.122. The van der Waals surface area contributed by atoms with E-state index in [1.165, 1.54) is 5.75 Å². The van der Waals surface area contributed by atoms with Gasteiger partial charge in [-0.3, -0.25) is 0 Å². The second-order valence-corrected chi connectivity index (χ2v) is 6.71. The number of hydrogen-bond acceptors (Lipinski definition) is 3. The third kappa shape index (κ3) is 2.10. The van der Waals surface area contributed by atoms with Crippen molar-refractivity contribution in [3.05, 3.63) is 23.1 Å². The lowest BCUT2D eigenvalue weighted by Gasteiger charge is -2.15. The highest BCUT2D eigenvalue weighted by molar-refractivity contribution is 7.99. The molecule has 1 aliphatic heterocycles. The average molecular weight is 302 g/mol. The molecule has 0 spiro atoms. The maximum absolute atomic E-state index is 6.25. The van der Waals surface area contributed by atoms with Crippen molar-refractivity contribution >= 4 is 46.1 Å². The zero-order valence-corrected chi connectivity index (χ0v) is 12.3. The van der Waals surface area contributed by atoms with E-state index < -0.39 is 0 Å². The summed E-state index contributed by atoms with van der Waals surface area (Å²) in [4.78, 5) is 9.02. The van der Waals surface area contributed by atoms with E-state index in [9.17, 15) is 0 Å². The Hall–Kier alpha value is -0.450. The molecule has 3 rings (SSSR count). The van der Waals surface area contributed by atoms with Gasteiger partial charge in [0.25, 0.3) is 0 Å². The average Bonchev–Trinajstić information content (AvgIpc) is 2.92. The Balaban J connectivity index is 2.21. The number of nitrogens with zero attached hydrogens (tertiary/aromatic N) is 3. The van der Waals surface area contributed by atoms with Crippen molar-refractivity contribution in [1.29, 1.82) is 0 Å². The minimum Gasteiger partial charge on any atom is -0.307 e. The zero-order chi connectivity index (χ0) is 12.7. The van der Waals surface area contributed by atoms with E-state index in [1.54, 1.807) is 6.20 Å². The lowest BCUT2D eigenvalue weighted by Crippen LogP contribution is -2.12. The first-order chi connectivity index (χ1) is 8.66. The molecule has 6 heteroatoms. The lowest BCUT2D eigenvalue weighted by atomic mass is 10.2. The number of imidazole rings is 1. The quantitative estimate of drug-likeness (QED) is 0.784. The van der Waals surface area contributed by atoms with Gasteiger partial charge in [0.05, 0.1) is 10.4 Å². The first-order valence-corrected chi connectivity index (χ1v) is 7.89. The van der Waals surface area contributed by atoms with Gasteiger partial charge in [-0.15, -0.1) is 11.6 Å². The fourth-order valence-electron chi connectivity index (χ4n) is 2.34. The van der Waals surface area contributed by atoms with Crippen LogP contribution in [-0.4, -0.2) is 26.0 Å². The molecule has 1 saturated heterocycles. The van der Waals surface area contributed by atoms with E-state index in [-0.39, 0.29) is 5.38 Å². The van der Waals surface area contributed by atoms with E-state index in [0.717, 1.165) is 29.2 Å². The summed E-state index contributed by atoms with van der Waals surface area (Å²) in [5.74, 6) is 3.19. The van der Waals surface area contributed by atoms with Crippen LogP contribution in [0.25, 0.3) is 11.2 Å². The van der Waals surface area contributed by atoms with Gasteiger partial charge in [0.15, 0.2) is 5.65 Å². The molecule has 1 aliphatic rings. The lowest BCUT2D eigenvalue weighted by molar-refractivity contribution is 0.545. The summed E-state index contributed by atoms with van der Waals surface area (Å²) in [7, 11) is 0. The SMILES string of the molecule is CC(Cl)c1nc2cc(Cl)cnc2n1C1CCSC1. The number of aromatic nitrogens is 3. The Morgan fingerprint density at radius 2 is 2.39 bits per heavy atom. The van der Waals surface area contributed by atoms with Crippen molar-refractivity contribution in [3.8, 4) is 0 Å². The molecule has 0 aliphatic carbocycles. The van der Waals surface area contributed by atoms with Gasteiger partial charge in [-0.25, -0.2) is 9.97 Å². The smallest absolute Gasteiger partial charge is 0.160 e. The van der Waals surface area contributed by atoms with Gasteiger partial charge in [0.1, 0.15) is 11.3 Å². The molecule has 0 saturated carbocycles. The Kier molecular flexibility index (Phi) is 3.43. The molecule has 0 amide bonds. The topological polar surface area (TPSA) is 30.7 Å². The molecule has 3 nitrogen and oxygen atoms in total. The Morgan fingerprint density at radius 3 is 3.06 bits per heavy atom. The van der Waals surface area contributed by atoms with Gasteiger partial charge in [-0.05, 0) is 25.2 Å². The normalized spacial score (nSPS) is 21.6. The first-order valence-electron chi connectivity index (χ1n) is 5.92. The van der Waals surface area contributed by atoms with Crippen LogP contribution in [0.4, 0.5) is 0 Å². The Morgan fingerprint density at radius 1 is 1.56 bits per heavy atom. The van der Waals surface area contributed by atoms with Crippen LogP contribution < -0.4 is 0 Å². The number of pyridine rings is 1. The summed E-state index contributed by atoms with van der Waals surface area (Å²) >= 11 is 14.2. The van der Waals surface area contributed by atoms with E-state index >= 15 is 0 Å². The number of thioether (sulfide) groups is 1. The first kappa shape index (κ1) is 12.6. The number of alkyl halides is 1. The molecule has 0 bridgehead atoms. The number of hydrogen-bond donors (Lipinski definition) is 0. The molecule has 0 radical (unpaired) electrons. The summed E-state index contributed by atoms with van der Waals surface area (Å²) in [6, 6.07) is 2.30. The maximum Gasteiger partial charge on any atom is 0.160 e. The molecule has 3 heterocycles. The monoisotopic (exact) mass is 301 g/mol. The molecule has 2 atom stereocenters. The number of fused-ring (bicyclic) bond motifs is 1. The van der Waals surface area contributed by atoms with Crippen LogP contribution in [0.5, 0.6) is 0 Å². The van der Waals surface area contributed by atoms with Gasteiger partial charge < -0.3 is 4.57 Å². The number of halogens is 2. The predicted octanol–water partition coefficient (Wildman–Crippen LogP) is 4.06. The van der Waals surface area contributed by atoms with Gasteiger partial charge in [0.2, 0.25) is 0 Å². The van der Waals surface area contributed by atoms with Crippen LogP contribution in [0.3, 0.4) is 0 Å². The van der Waals surface area contributed by atoms with Crippen LogP contribution >= 0.6 is 35.0 Å². The summed E-state index contributed by atoms with van der Waals surface area (Å²) in [6.45, 7) is 1.95. The molecule has 0 aromatic carbocycles. The van der Waals surface area contributed by atoms with Crippen LogP contribution in [0.15, 0.2) is 12.3 Å². The molecule has 2 unspecified atom stereocenters. The van der Waals surface area contributed by atoms with Gasteiger partial charge in [-0.1, -0.05) is 11.6 Å². The summed E-state index contributed by atoms with van der Waals surface area (Å²) in [6.07, 6.45) is 2.82. The van der Waals surface area contributed by atoms with E-state index in [1.807, 2.05) is 24.8 Å². The molecule has 18 heavy (non-hydrogen) atoms. The van der Waals surface area contributed by atoms with Gasteiger partial charge >= 0.3 is 0 Å². The van der Waals surface area contributed by atoms with Gasteiger partial charge in [0, 0.05) is 18.0 Å². The largest absolute Gasteiger partial charge is 0.307 e. The highest BCUT2D eigenvalue weighted by Gasteiger charge is 2.25. The van der Waals surface area contributed by atoms with E-state index in [2.05, 4.69) is 14.5 Å². The molecule has 2 aromatic heterocycles. The van der Waals surface area contributed by atoms with Crippen molar-refractivity contribution in [3.63, 3.8) is 0 Å². The molecule has 0 N–H and O–H groups in total. The minimum absolute atomic E-state index is 0.122. The molecular formula is C12H13Cl2N3S. The fraction of sp³-hybridized carbons (Fsp3) is 0.500. The molecule has 1 fully saturated rings. The third-order valence-electron chi connectivity index (χ3n) is 3.15. The maximum atomic E-state index is 6.25. The van der Waals surface area contributed by atoms with Crippen molar-refractivity contribution in [2.24, 2.45) is 0 Å². The summed E-state index contributed by atoms with van der Waals surface area (Å²) in [5, 5.41) is 0.491. The van der Waals surface area contributed by atoms with Crippen molar-refractivity contribution < 1.29 is 0 Å². The van der Waals surface area contributed by atoms with Gasteiger partial charge in [-0.2, -0.15) is 11.8 Å². The second-order valence-electron chi connectivity index (χ2n) is 4.47. The highest BCUT2D eigenvalue weighted by atomic mass is 35.5. The Bertz CT molecular complexity index is 576. The molecular weight excluding hydrogens is 289 g/mol. The molecule has 96 valence electrons. The zero-order valence-electron chi connectivity index (χ0n) is 9.94. The van der Waals surface area contributed by atoms with Crippen LogP contribution in [0, 0.1) is 0 Å². The van der Waals surface area contributed by atoms with E-state index in [4.69, 9.17) is 23.2 Å². The van der Waals surface area contributed by atoms with Crippen molar-refractivity contribution in [1.82, 2.24) is 14.5 Å². The third-order valence-corrected chi connectivity index (χ3v) is 4.70. The fourth-order valence-corrected chi connectivity index (χ4v) is 3.84. The summed E-state index contributed by atoms with van der Waals surface area (Å²) in [5.41, 5.74) is 1.73. The summed E-state index contributed by atoms with van der Waals surface area (Å²) < 4.78 is 2.20. The van der Waals surface area contributed by atoms with Crippen LogP contribution in [0.1, 0.15) is 30.6 Å². The standard InChI is InChI=1S/C12H13Cl2N3S/c1-7(13)11-16-10-4-8(14)5-15-12(10)17(11)9-2-3-18-6-9/h4-5,7,9H,2-3,6H2,1H3. The van der Waals surface area contributed by atoms with Crippen molar-refractivity contribution in [2.75, 3.05) is 11.5 Å². The highest BCUT2D eigenvalue weighted by Crippen LogP contribution is 2.34. The predicted molar refractivity (Wildman–Crippen MR) is 77.8 cm³/mol. The molecule has 2 aromatic rings. The van der Waals surface area contributed by atoms with Crippen LogP contribution in [0.2, 0.25) is 5.02 Å². The number of rotatable bonds is 2. The Labute approximate surface area is 120 Å². The second kappa shape index (κ2) is 4.91. The van der Waals surface area contributed by atoms with Crippen LogP contribution in [-0.2, 0) is 0 Å². The van der Waals surface area contributed by atoms with Crippen molar-refractivity contribution in [2.45, 2.75) is 24.8 Å².